The lowest BCUT2D eigenvalue weighted by molar-refractivity contribution is -0.135. The van der Waals surface area contributed by atoms with Gasteiger partial charge in [0, 0.05) is 6.42 Å². The van der Waals surface area contributed by atoms with Gasteiger partial charge in [-0.1, -0.05) is 31.5 Å². The van der Waals surface area contributed by atoms with E-state index < -0.39 is 5.60 Å². The summed E-state index contributed by atoms with van der Waals surface area (Å²) in [6.45, 7) is 6.72. The summed E-state index contributed by atoms with van der Waals surface area (Å²) in [7, 11) is 0. The zero-order chi connectivity index (χ0) is 16.6. The molecule has 4 rings (SSSR count). The van der Waals surface area contributed by atoms with Crippen LogP contribution in [0.2, 0.25) is 0 Å². The standard InChI is InChI=1S/C20H29ClO2/c1-18-11-16(21)17(22)10-12(18)4-5-13-14(18)6-8-19(2)15(13)7-9-20(19,3)23/h11-15,23H,4-10H2,1-3H3/t12-,13+,14-,15-,18-,19-,20-/m0/s1. The Balaban J connectivity index is 1.71. The Labute approximate surface area is 144 Å². The predicted molar refractivity (Wildman–Crippen MR) is 92.1 cm³/mol. The van der Waals surface area contributed by atoms with Gasteiger partial charge in [0.15, 0.2) is 5.78 Å². The van der Waals surface area contributed by atoms with Gasteiger partial charge in [0.1, 0.15) is 0 Å². The van der Waals surface area contributed by atoms with Crippen molar-refractivity contribution in [1.82, 2.24) is 0 Å². The van der Waals surface area contributed by atoms with Crippen LogP contribution in [0.3, 0.4) is 0 Å². The van der Waals surface area contributed by atoms with Gasteiger partial charge in [-0.05, 0) is 80.0 Å². The minimum absolute atomic E-state index is 0.0648. The van der Waals surface area contributed by atoms with E-state index in [1.54, 1.807) is 0 Å². The number of ketones is 1. The molecule has 0 heterocycles. The molecule has 128 valence electrons. The summed E-state index contributed by atoms with van der Waals surface area (Å²) in [5.74, 6) is 2.52. The van der Waals surface area contributed by atoms with Crippen LogP contribution in [0.4, 0.5) is 0 Å². The van der Waals surface area contributed by atoms with Gasteiger partial charge in [-0.15, -0.1) is 0 Å². The largest absolute Gasteiger partial charge is 0.390 e. The van der Waals surface area contributed by atoms with Crippen molar-refractivity contribution in [3.05, 3.63) is 11.1 Å². The van der Waals surface area contributed by atoms with E-state index in [4.69, 9.17) is 11.6 Å². The van der Waals surface area contributed by atoms with Gasteiger partial charge in [-0.2, -0.15) is 0 Å². The summed E-state index contributed by atoms with van der Waals surface area (Å²) >= 11 is 6.26. The van der Waals surface area contributed by atoms with Crippen LogP contribution in [0.15, 0.2) is 11.1 Å². The van der Waals surface area contributed by atoms with Crippen LogP contribution in [0.25, 0.3) is 0 Å². The first-order valence-corrected chi connectivity index (χ1v) is 9.71. The van der Waals surface area contributed by atoms with Crippen LogP contribution in [0.1, 0.15) is 65.7 Å². The van der Waals surface area contributed by atoms with Crippen molar-refractivity contribution < 1.29 is 9.90 Å². The zero-order valence-electron chi connectivity index (χ0n) is 14.6. The van der Waals surface area contributed by atoms with E-state index in [9.17, 15) is 9.90 Å². The Hall–Kier alpha value is -0.340. The molecule has 0 radical (unpaired) electrons. The van der Waals surface area contributed by atoms with Gasteiger partial charge in [0.05, 0.1) is 10.6 Å². The highest BCUT2D eigenvalue weighted by Crippen LogP contribution is 2.67. The van der Waals surface area contributed by atoms with Gasteiger partial charge in [-0.25, -0.2) is 0 Å². The number of rotatable bonds is 0. The lowest BCUT2D eigenvalue weighted by Crippen LogP contribution is -2.55. The Kier molecular flexibility index (Phi) is 3.40. The van der Waals surface area contributed by atoms with E-state index in [1.807, 2.05) is 0 Å². The lowest BCUT2D eigenvalue weighted by Gasteiger charge is -2.59. The second-order valence-electron chi connectivity index (χ2n) is 9.41. The molecule has 0 unspecified atom stereocenters. The normalized spacial score (nSPS) is 55.7. The number of hydrogen-bond donors (Lipinski definition) is 1. The number of halogens is 1. The fourth-order valence-corrected chi connectivity index (χ4v) is 7.25. The molecule has 4 aliphatic rings. The fourth-order valence-electron chi connectivity index (χ4n) is 6.93. The number of carbonyl (C=O) groups is 1. The maximum Gasteiger partial charge on any atom is 0.174 e. The van der Waals surface area contributed by atoms with E-state index in [2.05, 4.69) is 26.8 Å². The summed E-state index contributed by atoms with van der Waals surface area (Å²) in [5.41, 5.74) is -0.380. The minimum atomic E-state index is -0.517. The van der Waals surface area contributed by atoms with Gasteiger partial charge in [0.25, 0.3) is 0 Å². The van der Waals surface area contributed by atoms with Crippen molar-refractivity contribution in [3.8, 4) is 0 Å². The molecule has 3 fully saturated rings. The first-order chi connectivity index (χ1) is 10.7. The lowest BCUT2D eigenvalue weighted by atomic mass is 9.45. The molecule has 2 nitrogen and oxygen atoms in total. The van der Waals surface area contributed by atoms with E-state index in [-0.39, 0.29) is 16.6 Å². The molecule has 0 saturated heterocycles. The molecule has 0 aromatic heterocycles. The van der Waals surface area contributed by atoms with E-state index in [1.165, 1.54) is 6.42 Å². The number of aliphatic hydroxyl groups is 1. The Morgan fingerprint density at radius 3 is 2.52 bits per heavy atom. The first-order valence-electron chi connectivity index (χ1n) is 9.33. The number of fused-ring (bicyclic) bond motifs is 5. The topological polar surface area (TPSA) is 37.3 Å². The number of Topliss-reactive ketones (excluding diaryl/α,β-unsaturated/α-hetero) is 1. The van der Waals surface area contributed by atoms with Crippen LogP contribution in [0, 0.1) is 34.5 Å². The van der Waals surface area contributed by atoms with Gasteiger partial charge in [-0.3, -0.25) is 4.79 Å². The maximum absolute atomic E-state index is 12.0. The van der Waals surface area contributed by atoms with Crippen molar-refractivity contribution in [1.29, 1.82) is 0 Å². The summed E-state index contributed by atoms with van der Waals surface area (Å²) in [5, 5.41) is 11.4. The van der Waals surface area contributed by atoms with E-state index in [0.29, 0.717) is 35.1 Å². The minimum Gasteiger partial charge on any atom is -0.390 e. The molecular formula is C20H29ClO2. The summed E-state index contributed by atoms with van der Waals surface area (Å²) < 4.78 is 0. The third-order valence-electron chi connectivity index (χ3n) is 8.66. The predicted octanol–water partition coefficient (Wildman–Crippen LogP) is 4.69. The Bertz CT molecular complexity index is 580. The smallest absolute Gasteiger partial charge is 0.174 e. The van der Waals surface area contributed by atoms with E-state index in [0.717, 1.165) is 32.1 Å². The van der Waals surface area contributed by atoms with Gasteiger partial charge < -0.3 is 5.11 Å². The Morgan fingerprint density at radius 1 is 1.09 bits per heavy atom. The Morgan fingerprint density at radius 2 is 1.78 bits per heavy atom. The van der Waals surface area contributed by atoms with Crippen molar-refractivity contribution in [2.45, 2.75) is 71.3 Å². The third kappa shape index (κ3) is 2.00. The van der Waals surface area contributed by atoms with Crippen molar-refractivity contribution in [3.63, 3.8) is 0 Å². The van der Waals surface area contributed by atoms with Crippen molar-refractivity contribution in [2.75, 3.05) is 0 Å². The first kappa shape index (κ1) is 16.1. The maximum atomic E-state index is 12.0. The number of hydrogen-bond acceptors (Lipinski definition) is 2. The van der Waals surface area contributed by atoms with Crippen LogP contribution < -0.4 is 0 Å². The van der Waals surface area contributed by atoms with Crippen molar-refractivity contribution in [2.24, 2.45) is 34.5 Å². The molecule has 3 saturated carbocycles. The summed E-state index contributed by atoms with van der Waals surface area (Å²) in [6, 6.07) is 0. The molecule has 0 aromatic rings. The molecule has 0 spiro atoms. The molecule has 4 aliphatic carbocycles. The molecule has 1 N–H and O–H groups in total. The second kappa shape index (κ2) is 4.85. The molecule has 0 aromatic carbocycles. The quantitative estimate of drug-likeness (QED) is 0.696. The van der Waals surface area contributed by atoms with Crippen molar-refractivity contribution >= 4 is 17.4 Å². The molecule has 0 amide bonds. The van der Waals surface area contributed by atoms with E-state index >= 15 is 0 Å². The van der Waals surface area contributed by atoms with Gasteiger partial charge in [0.2, 0.25) is 0 Å². The monoisotopic (exact) mass is 336 g/mol. The molecular weight excluding hydrogens is 308 g/mol. The fraction of sp³-hybridized carbons (Fsp3) is 0.850. The molecule has 3 heteroatoms. The van der Waals surface area contributed by atoms with Gasteiger partial charge >= 0.3 is 0 Å². The third-order valence-corrected chi connectivity index (χ3v) is 8.98. The number of allylic oxidation sites excluding steroid dienone is 2. The highest BCUT2D eigenvalue weighted by molar-refractivity contribution is 6.42. The summed E-state index contributed by atoms with van der Waals surface area (Å²) in [4.78, 5) is 12.0. The average Bonchev–Trinajstić information content (AvgIpc) is 2.71. The SMILES string of the molecule is C[C@]12C=C(Cl)C(=O)C[C@@H]1CC[C@@H]1[C@@H]2CC[C@@]2(C)[C@H]1CC[C@]2(C)O. The van der Waals surface area contributed by atoms with Crippen LogP contribution >= 0.6 is 11.6 Å². The summed E-state index contributed by atoms with van der Waals surface area (Å²) in [6.07, 6.45) is 9.46. The highest BCUT2D eigenvalue weighted by Gasteiger charge is 2.63. The molecule has 0 bridgehead atoms. The van der Waals surface area contributed by atoms with Crippen LogP contribution in [0.5, 0.6) is 0 Å². The molecule has 0 aliphatic heterocycles. The van der Waals surface area contributed by atoms with Crippen LogP contribution in [-0.4, -0.2) is 16.5 Å². The average molecular weight is 337 g/mol. The molecule has 7 atom stereocenters. The zero-order valence-corrected chi connectivity index (χ0v) is 15.3. The number of carbonyl (C=O) groups excluding carboxylic acids is 1. The highest BCUT2D eigenvalue weighted by atomic mass is 35.5. The van der Waals surface area contributed by atoms with Crippen LogP contribution in [-0.2, 0) is 4.79 Å². The molecule has 23 heavy (non-hydrogen) atoms. The second-order valence-corrected chi connectivity index (χ2v) is 9.81.